The minimum atomic E-state index is -3.71. The average Bonchev–Trinajstić information content (AvgIpc) is 3.21. The molecule has 0 atom stereocenters. The van der Waals surface area contributed by atoms with E-state index >= 15 is 0 Å². The molecule has 0 radical (unpaired) electrons. The highest BCUT2D eigenvalue weighted by molar-refractivity contribution is 7.89. The van der Waals surface area contributed by atoms with Gasteiger partial charge >= 0.3 is 0 Å². The number of anilines is 1. The molecular weight excluding hydrogens is 433 g/mol. The van der Waals surface area contributed by atoms with Gasteiger partial charge in [-0.2, -0.15) is 4.31 Å². The molecule has 1 aliphatic rings. The lowest BCUT2D eigenvalue weighted by Crippen LogP contribution is -2.48. The van der Waals surface area contributed by atoms with Crippen LogP contribution in [0.15, 0.2) is 52.7 Å². The molecule has 2 aromatic carbocycles. The van der Waals surface area contributed by atoms with Crippen molar-refractivity contribution in [1.29, 1.82) is 0 Å². The van der Waals surface area contributed by atoms with Crippen molar-refractivity contribution in [1.82, 2.24) is 9.29 Å². The van der Waals surface area contributed by atoms with Crippen molar-refractivity contribution in [3.8, 4) is 11.3 Å². The highest BCUT2D eigenvalue weighted by Gasteiger charge is 2.30. The molecule has 2 heterocycles. The molecule has 1 aromatic heterocycles. The molecule has 29 heavy (non-hydrogen) atoms. The average molecular weight is 452 g/mol. The standard InChI is InChI=1S/C20H19ClFN3O2S2/c1-14-2-4-15(5-3-14)19-13-28-20(23-19)24-8-10-25(11-9-24)29(26,27)16-6-7-18(22)17(21)12-16/h2-7,12-13H,8-11H2,1H3. The van der Waals surface area contributed by atoms with Crippen molar-refractivity contribution >= 4 is 38.1 Å². The summed E-state index contributed by atoms with van der Waals surface area (Å²) in [5.41, 5.74) is 3.18. The Morgan fingerprint density at radius 1 is 1.07 bits per heavy atom. The molecule has 0 amide bonds. The Bertz CT molecular complexity index is 1120. The number of nitrogens with zero attached hydrogens (tertiary/aromatic N) is 3. The third-order valence-electron chi connectivity index (χ3n) is 4.88. The van der Waals surface area contributed by atoms with Crippen molar-refractivity contribution in [3.05, 3.63) is 64.2 Å². The van der Waals surface area contributed by atoms with Crippen LogP contribution in [0.2, 0.25) is 5.02 Å². The lowest BCUT2D eigenvalue weighted by atomic mass is 10.1. The number of aryl methyl sites for hydroxylation is 1. The van der Waals surface area contributed by atoms with E-state index < -0.39 is 15.8 Å². The van der Waals surface area contributed by atoms with Gasteiger partial charge in [0.2, 0.25) is 10.0 Å². The maximum atomic E-state index is 13.4. The van der Waals surface area contributed by atoms with Crippen molar-refractivity contribution in [2.24, 2.45) is 0 Å². The minimum Gasteiger partial charge on any atom is -0.345 e. The second-order valence-corrected chi connectivity index (χ2v) is 10.0. The predicted octanol–water partition coefficient (Wildman–Crippen LogP) is 4.42. The van der Waals surface area contributed by atoms with Crippen LogP contribution in [-0.2, 0) is 10.0 Å². The molecule has 1 saturated heterocycles. The summed E-state index contributed by atoms with van der Waals surface area (Å²) in [6.07, 6.45) is 0. The van der Waals surface area contributed by atoms with Gasteiger partial charge in [0.25, 0.3) is 0 Å². The zero-order chi connectivity index (χ0) is 20.6. The zero-order valence-corrected chi connectivity index (χ0v) is 18.1. The second-order valence-electron chi connectivity index (χ2n) is 6.85. The predicted molar refractivity (Wildman–Crippen MR) is 115 cm³/mol. The highest BCUT2D eigenvalue weighted by Crippen LogP contribution is 2.29. The first-order chi connectivity index (χ1) is 13.8. The SMILES string of the molecule is Cc1ccc(-c2csc(N3CCN(S(=O)(=O)c4ccc(F)c(Cl)c4)CC3)n2)cc1. The van der Waals surface area contributed by atoms with E-state index in [-0.39, 0.29) is 9.92 Å². The van der Waals surface area contributed by atoms with Crippen LogP contribution in [0.3, 0.4) is 0 Å². The fourth-order valence-electron chi connectivity index (χ4n) is 3.17. The molecular formula is C20H19ClFN3O2S2. The third kappa shape index (κ3) is 4.16. The largest absolute Gasteiger partial charge is 0.345 e. The summed E-state index contributed by atoms with van der Waals surface area (Å²) in [5.74, 6) is -0.636. The number of piperazine rings is 1. The Balaban J connectivity index is 1.45. The van der Waals surface area contributed by atoms with E-state index in [1.807, 2.05) is 24.4 Å². The summed E-state index contributed by atoms with van der Waals surface area (Å²) in [7, 11) is -3.71. The molecule has 9 heteroatoms. The van der Waals surface area contributed by atoms with E-state index in [0.717, 1.165) is 28.5 Å². The van der Waals surface area contributed by atoms with E-state index in [0.29, 0.717) is 26.2 Å². The Morgan fingerprint density at radius 2 is 1.76 bits per heavy atom. The summed E-state index contributed by atoms with van der Waals surface area (Å²) in [5, 5.41) is 2.70. The topological polar surface area (TPSA) is 53.5 Å². The van der Waals surface area contributed by atoms with Crippen LogP contribution in [0.25, 0.3) is 11.3 Å². The van der Waals surface area contributed by atoms with Gasteiger partial charge in [0.05, 0.1) is 15.6 Å². The van der Waals surface area contributed by atoms with E-state index in [2.05, 4.69) is 17.0 Å². The molecule has 0 aliphatic carbocycles. The van der Waals surface area contributed by atoms with Crippen molar-refractivity contribution in [2.75, 3.05) is 31.1 Å². The Morgan fingerprint density at radius 3 is 2.41 bits per heavy atom. The van der Waals surface area contributed by atoms with Crippen LogP contribution in [0.1, 0.15) is 5.56 Å². The first-order valence-electron chi connectivity index (χ1n) is 9.07. The minimum absolute atomic E-state index is 0.00764. The van der Waals surface area contributed by atoms with Gasteiger partial charge in [-0.25, -0.2) is 17.8 Å². The lowest BCUT2D eigenvalue weighted by Gasteiger charge is -2.33. The fraction of sp³-hybridized carbons (Fsp3) is 0.250. The van der Waals surface area contributed by atoms with Gasteiger partial charge in [0.1, 0.15) is 5.82 Å². The second kappa shape index (κ2) is 8.02. The number of hydrogen-bond acceptors (Lipinski definition) is 5. The number of hydrogen-bond donors (Lipinski definition) is 0. The molecule has 1 aliphatic heterocycles. The van der Waals surface area contributed by atoms with E-state index in [9.17, 15) is 12.8 Å². The van der Waals surface area contributed by atoms with Crippen LogP contribution in [0.5, 0.6) is 0 Å². The quantitative estimate of drug-likeness (QED) is 0.589. The summed E-state index contributed by atoms with van der Waals surface area (Å²) in [6, 6.07) is 11.7. The first-order valence-corrected chi connectivity index (χ1v) is 11.8. The number of thiazole rings is 1. The van der Waals surface area contributed by atoms with E-state index in [1.165, 1.54) is 15.9 Å². The smallest absolute Gasteiger partial charge is 0.243 e. The third-order valence-corrected chi connectivity index (χ3v) is 7.96. The van der Waals surface area contributed by atoms with Gasteiger partial charge in [-0.15, -0.1) is 11.3 Å². The van der Waals surface area contributed by atoms with Gasteiger partial charge < -0.3 is 4.90 Å². The molecule has 5 nitrogen and oxygen atoms in total. The molecule has 3 aromatic rings. The Hall–Kier alpha value is -2.00. The van der Waals surface area contributed by atoms with E-state index in [4.69, 9.17) is 16.6 Å². The number of halogens is 2. The lowest BCUT2D eigenvalue weighted by molar-refractivity contribution is 0.384. The molecule has 4 rings (SSSR count). The van der Waals surface area contributed by atoms with Crippen molar-refractivity contribution in [3.63, 3.8) is 0 Å². The van der Waals surface area contributed by atoms with Crippen LogP contribution in [-0.4, -0.2) is 43.9 Å². The molecule has 1 fully saturated rings. The van der Waals surface area contributed by atoms with Gasteiger partial charge in [-0.3, -0.25) is 0 Å². The highest BCUT2D eigenvalue weighted by atomic mass is 35.5. The Kier molecular flexibility index (Phi) is 5.61. The molecule has 0 bridgehead atoms. The number of benzene rings is 2. The normalized spacial score (nSPS) is 15.6. The van der Waals surface area contributed by atoms with Crippen molar-refractivity contribution < 1.29 is 12.8 Å². The maximum absolute atomic E-state index is 13.4. The van der Waals surface area contributed by atoms with E-state index in [1.54, 1.807) is 11.3 Å². The van der Waals surface area contributed by atoms with Gasteiger partial charge in [0.15, 0.2) is 5.13 Å². The molecule has 0 spiro atoms. The monoisotopic (exact) mass is 451 g/mol. The molecule has 152 valence electrons. The Labute approximate surface area is 178 Å². The van der Waals surface area contributed by atoms with Crippen LogP contribution in [0, 0.1) is 12.7 Å². The van der Waals surface area contributed by atoms with Gasteiger partial charge in [-0.05, 0) is 25.1 Å². The maximum Gasteiger partial charge on any atom is 0.243 e. The van der Waals surface area contributed by atoms with Gasteiger partial charge in [-0.1, -0.05) is 41.4 Å². The summed E-state index contributed by atoms with van der Waals surface area (Å²) >= 11 is 7.30. The zero-order valence-electron chi connectivity index (χ0n) is 15.7. The summed E-state index contributed by atoms with van der Waals surface area (Å²) in [6.45, 7) is 3.78. The number of aromatic nitrogens is 1. The summed E-state index contributed by atoms with van der Waals surface area (Å²) in [4.78, 5) is 6.81. The first kappa shape index (κ1) is 20.3. The van der Waals surface area contributed by atoms with Gasteiger partial charge in [0, 0.05) is 37.1 Å². The van der Waals surface area contributed by atoms with Crippen LogP contribution >= 0.6 is 22.9 Å². The number of sulfonamides is 1. The van der Waals surface area contributed by atoms with Crippen LogP contribution in [0.4, 0.5) is 9.52 Å². The fourth-order valence-corrected chi connectivity index (χ4v) is 5.76. The molecule has 0 unspecified atom stereocenters. The number of rotatable bonds is 4. The van der Waals surface area contributed by atoms with Crippen LogP contribution < -0.4 is 4.90 Å². The summed E-state index contributed by atoms with van der Waals surface area (Å²) < 4.78 is 40.4. The molecule has 0 saturated carbocycles. The molecule has 0 N–H and O–H groups in total. The van der Waals surface area contributed by atoms with Crippen molar-refractivity contribution in [2.45, 2.75) is 11.8 Å².